The molecule has 1 rings (SSSR count). The first-order chi connectivity index (χ1) is 4.75. The van der Waals surface area contributed by atoms with Gasteiger partial charge in [0.05, 0.1) is 0 Å². The Morgan fingerprint density at radius 3 is 2.60 bits per heavy atom. The van der Waals surface area contributed by atoms with Gasteiger partial charge in [-0.1, -0.05) is 18.9 Å². The topological polar surface area (TPSA) is 37.3 Å². The zero-order valence-corrected chi connectivity index (χ0v) is 6.18. The molecule has 0 radical (unpaired) electrons. The quantitative estimate of drug-likeness (QED) is 0.650. The monoisotopic (exact) mass is 140 g/mol. The fraction of sp³-hybridized carbons (Fsp3) is 0.625. The summed E-state index contributed by atoms with van der Waals surface area (Å²) in [6, 6.07) is 0. The standard InChI is InChI=1S/C8H12O2/c1-2-3-6-4-5-7(6)8(9)10/h2-5H2,1H3,(H,9,10). The molecule has 0 spiro atoms. The second-order valence-electron chi connectivity index (χ2n) is 2.64. The fourth-order valence-electron chi connectivity index (χ4n) is 1.26. The van der Waals surface area contributed by atoms with Crippen molar-refractivity contribution in [3.8, 4) is 0 Å². The molecule has 56 valence electrons. The maximum atomic E-state index is 10.4. The lowest BCUT2D eigenvalue weighted by atomic mass is 9.86. The highest BCUT2D eigenvalue weighted by Gasteiger charge is 2.21. The summed E-state index contributed by atoms with van der Waals surface area (Å²) in [6.45, 7) is 2.07. The molecule has 10 heavy (non-hydrogen) atoms. The molecule has 0 amide bonds. The van der Waals surface area contributed by atoms with E-state index in [1.807, 2.05) is 0 Å². The fourth-order valence-corrected chi connectivity index (χ4v) is 1.26. The summed E-state index contributed by atoms with van der Waals surface area (Å²) in [6.07, 6.45) is 3.83. The Labute approximate surface area is 60.6 Å². The van der Waals surface area contributed by atoms with Gasteiger partial charge in [0.25, 0.3) is 0 Å². The minimum Gasteiger partial charge on any atom is -0.478 e. The van der Waals surface area contributed by atoms with Crippen molar-refractivity contribution >= 4 is 5.97 Å². The molecule has 1 N–H and O–H groups in total. The molecule has 2 nitrogen and oxygen atoms in total. The number of rotatable bonds is 3. The summed E-state index contributed by atoms with van der Waals surface area (Å²) < 4.78 is 0. The maximum absolute atomic E-state index is 10.4. The Balaban J connectivity index is 2.58. The van der Waals surface area contributed by atoms with Gasteiger partial charge < -0.3 is 5.11 Å². The van der Waals surface area contributed by atoms with Crippen LogP contribution in [0.1, 0.15) is 32.6 Å². The van der Waals surface area contributed by atoms with Gasteiger partial charge in [-0.05, 0) is 19.3 Å². The molecule has 0 aliphatic heterocycles. The molecule has 0 heterocycles. The second-order valence-corrected chi connectivity index (χ2v) is 2.64. The molecule has 1 aliphatic carbocycles. The van der Waals surface area contributed by atoms with E-state index in [2.05, 4.69) is 6.92 Å². The van der Waals surface area contributed by atoms with Gasteiger partial charge in [-0.25, -0.2) is 4.79 Å². The average molecular weight is 140 g/mol. The van der Waals surface area contributed by atoms with Crippen molar-refractivity contribution in [1.29, 1.82) is 0 Å². The van der Waals surface area contributed by atoms with Gasteiger partial charge in [-0.2, -0.15) is 0 Å². The van der Waals surface area contributed by atoms with Crippen molar-refractivity contribution in [3.63, 3.8) is 0 Å². The number of carboxylic acid groups (broad SMARTS) is 1. The summed E-state index contributed by atoms with van der Waals surface area (Å²) in [7, 11) is 0. The second kappa shape index (κ2) is 2.86. The summed E-state index contributed by atoms with van der Waals surface area (Å²) >= 11 is 0. The van der Waals surface area contributed by atoms with Crippen molar-refractivity contribution in [3.05, 3.63) is 11.1 Å². The number of aliphatic carboxylic acids is 1. The highest BCUT2D eigenvalue weighted by molar-refractivity contribution is 5.89. The van der Waals surface area contributed by atoms with Gasteiger partial charge in [0.15, 0.2) is 0 Å². The van der Waals surface area contributed by atoms with E-state index < -0.39 is 5.97 Å². The molecule has 0 bridgehead atoms. The van der Waals surface area contributed by atoms with Gasteiger partial charge in [0, 0.05) is 5.57 Å². The van der Waals surface area contributed by atoms with E-state index in [-0.39, 0.29) is 0 Å². The van der Waals surface area contributed by atoms with Crippen molar-refractivity contribution in [2.45, 2.75) is 32.6 Å². The zero-order valence-electron chi connectivity index (χ0n) is 6.18. The smallest absolute Gasteiger partial charge is 0.331 e. The number of allylic oxidation sites excluding steroid dienone is 1. The Kier molecular flexibility index (Phi) is 2.10. The minimum absolute atomic E-state index is 0.668. The first-order valence-corrected chi connectivity index (χ1v) is 3.70. The number of hydrogen-bond acceptors (Lipinski definition) is 1. The predicted octanol–water partition coefficient (Wildman–Crippen LogP) is 1.96. The largest absolute Gasteiger partial charge is 0.478 e. The molecule has 1 aliphatic rings. The van der Waals surface area contributed by atoms with Crippen LogP contribution < -0.4 is 0 Å². The zero-order chi connectivity index (χ0) is 7.56. The lowest BCUT2D eigenvalue weighted by Gasteiger charge is -2.19. The molecule has 0 aromatic carbocycles. The number of carbonyl (C=O) groups is 1. The summed E-state index contributed by atoms with van der Waals surface area (Å²) in [4.78, 5) is 10.4. The molecular formula is C8H12O2. The van der Waals surface area contributed by atoms with Crippen molar-refractivity contribution in [2.24, 2.45) is 0 Å². The third-order valence-electron chi connectivity index (χ3n) is 1.91. The van der Waals surface area contributed by atoms with Gasteiger partial charge >= 0.3 is 5.97 Å². The maximum Gasteiger partial charge on any atom is 0.331 e. The molecule has 0 fully saturated rings. The number of hydrogen-bond donors (Lipinski definition) is 1. The summed E-state index contributed by atoms with van der Waals surface area (Å²) in [5, 5.41) is 8.57. The predicted molar refractivity (Wildman–Crippen MR) is 38.8 cm³/mol. The third kappa shape index (κ3) is 1.20. The molecule has 0 aromatic heterocycles. The Morgan fingerprint density at radius 2 is 2.30 bits per heavy atom. The van der Waals surface area contributed by atoms with Crippen LogP contribution in [0.3, 0.4) is 0 Å². The Bertz CT molecular complexity index is 180. The van der Waals surface area contributed by atoms with Crippen LogP contribution in [0.2, 0.25) is 0 Å². The van der Waals surface area contributed by atoms with E-state index in [9.17, 15) is 4.79 Å². The highest BCUT2D eigenvalue weighted by Crippen LogP contribution is 2.30. The molecular weight excluding hydrogens is 128 g/mol. The van der Waals surface area contributed by atoms with Crippen molar-refractivity contribution < 1.29 is 9.90 Å². The Hall–Kier alpha value is -0.790. The van der Waals surface area contributed by atoms with E-state index in [1.54, 1.807) is 0 Å². The third-order valence-corrected chi connectivity index (χ3v) is 1.91. The van der Waals surface area contributed by atoms with Gasteiger partial charge in [0.2, 0.25) is 0 Å². The van der Waals surface area contributed by atoms with Crippen LogP contribution in [0, 0.1) is 0 Å². The van der Waals surface area contributed by atoms with Crippen LogP contribution in [0.15, 0.2) is 11.1 Å². The van der Waals surface area contributed by atoms with Crippen molar-refractivity contribution in [2.75, 3.05) is 0 Å². The highest BCUT2D eigenvalue weighted by atomic mass is 16.4. The normalized spacial score (nSPS) is 16.9. The average Bonchev–Trinajstić information content (AvgIpc) is 1.78. The van der Waals surface area contributed by atoms with Crippen molar-refractivity contribution in [1.82, 2.24) is 0 Å². The minimum atomic E-state index is -0.713. The van der Waals surface area contributed by atoms with Gasteiger partial charge in [0.1, 0.15) is 0 Å². The Morgan fingerprint density at radius 1 is 1.60 bits per heavy atom. The van der Waals surface area contributed by atoms with E-state index in [4.69, 9.17) is 5.11 Å². The SMILES string of the molecule is CCCC1=C(C(=O)O)CC1. The van der Waals surface area contributed by atoms with Crippen LogP contribution in [0.4, 0.5) is 0 Å². The van der Waals surface area contributed by atoms with Gasteiger partial charge in [-0.3, -0.25) is 0 Å². The molecule has 0 saturated carbocycles. The lowest BCUT2D eigenvalue weighted by Crippen LogP contribution is -2.12. The van der Waals surface area contributed by atoms with Crippen LogP contribution >= 0.6 is 0 Å². The van der Waals surface area contributed by atoms with E-state index in [0.29, 0.717) is 5.57 Å². The van der Waals surface area contributed by atoms with Gasteiger partial charge in [-0.15, -0.1) is 0 Å². The van der Waals surface area contributed by atoms with E-state index >= 15 is 0 Å². The number of carboxylic acids is 1. The molecule has 0 atom stereocenters. The molecule has 0 aromatic rings. The first-order valence-electron chi connectivity index (χ1n) is 3.70. The van der Waals surface area contributed by atoms with E-state index in [0.717, 1.165) is 31.3 Å². The van der Waals surface area contributed by atoms with Crippen LogP contribution in [-0.2, 0) is 4.79 Å². The first kappa shape index (κ1) is 7.32. The molecule has 2 heteroatoms. The van der Waals surface area contributed by atoms with Crippen LogP contribution in [0.25, 0.3) is 0 Å². The van der Waals surface area contributed by atoms with E-state index in [1.165, 1.54) is 0 Å². The van der Waals surface area contributed by atoms with Crippen LogP contribution in [0.5, 0.6) is 0 Å². The molecule has 0 unspecified atom stereocenters. The van der Waals surface area contributed by atoms with Crippen LogP contribution in [-0.4, -0.2) is 11.1 Å². The summed E-state index contributed by atoms with van der Waals surface area (Å²) in [5.41, 5.74) is 1.83. The summed E-state index contributed by atoms with van der Waals surface area (Å²) in [5.74, 6) is -0.713. The lowest BCUT2D eigenvalue weighted by molar-refractivity contribution is -0.133. The molecule has 0 saturated heterocycles.